The zero-order valence-corrected chi connectivity index (χ0v) is 14.4. The van der Waals surface area contributed by atoms with E-state index in [4.69, 9.17) is 0 Å². The summed E-state index contributed by atoms with van der Waals surface area (Å²) in [7, 11) is 0. The molecule has 0 bridgehead atoms. The Morgan fingerprint density at radius 3 is 2.40 bits per heavy atom. The molecule has 3 saturated carbocycles. The van der Waals surface area contributed by atoms with Crippen LogP contribution in [-0.2, 0) is 0 Å². The number of fused-ring (bicyclic) bond motifs is 3. The first-order valence-electron chi connectivity index (χ1n) is 9.55. The second kappa shape index (κ2) is 5.33. The first-order valence-corrected chi connectivity index (χ1v) is 9.55. The quantitative estimate of drug-likeness (QED) is 0.556. The Labute approximate surface area is 127 Å². The molecule has 0 N–H and O–H groups in total. The van der Waals surface area contributed by atoms with Crippen molar-refractivity contribution < 1.29 is 0 Å². The summed E-state index contributed by atoms with van der Waals surface area (Å²) in [5, 5.41) is 0. The zero-order chi connectivity index (χ0) is 14.4. The average molecular weight is 277 g/mol. The highest BCUT2D eigenvalue weighted by molar-refractivity contribution is 5.05. The van der Waals surface area contributed by atoms with Crippen molar-refractivity contribution in [3.8, 4) is 0 Å². The van der Waals surface area contributed by atoms with Crippen LogP contribution in [0.5, 0.6) is 0 Å². The highest BCUT2D eigenvalue weighted by atomic mass is 14.6. The van der Waals surface area contributed by atoms with E-state index in [2.05, 4.69) is 27.7 Å². The van der Waals surface area contributed by atoms with Gasteiger partial charge in [0.05, 0.1) is 0 Å². The Hall–Kier alpha value is 0. The fourth-order valence-electron chi connectivity index (χ4n) is 7.13. The van der Waals surface area contributed by atoms with Crippen molar-refractivity contribution in [2.45, 2.75) is 91.9 Å². The minimum Gasteiger partial charge on any atom is -0.0654 e. The summed E-state index contributed by atoms with van der Waals surface area (Å²) in [6.45, 7) is 10.2. The molecule has 6 atom stereocenters. The Morgan fingerprint density at radius 2 is 1.70 bits per heavy atom. The van der Waals surface area contributed by atoms with E-state index in [9.17, 15) is 0 Å². The topological polar surface area (TPSA) is 0 Å². The highest BCUT2D eigenvalue weighted by Crippen LogP contribution is 2.65. The maximum Gasteiger partial charge on any atom is -0.0267 e. The molecular weight excluding hydrogens is 240 g/mol. The van der Waals surface area contributed by atoms with Gasteiger partial charge in [0.25, 0.3) is 0 Å². The molecule has 0 saturated heterocycles. The molecule has 0 heterocycles. The molecule has 20 heavy (non-hydrogen) atoms. The minimum absolute atomic E-state index is 0.663. The van der Waals surface area contributed by atoms with Crippen LogP contribution in [0.25, 0.3) is 0 Å². The Bertz CT molecular complexity index is 346. The molecule has 0 amide bonds. The van der Waals surface area contributed by atoms with Gasteiger partial charge in [-0.3, -0.25) is 0 Å². The van der Waals surface area contributed by atoms with Crippen LogP contribution in [0.2, 0.25) is 0 Å². The van der Waals surface area contributed by atoms with Crippen molar-refractivity contribution in [2.75, 3.05) is 0 Å². The van der Waals surface area contributed by atoms with Crippen molar-refractivity contribution >= 4 is 0 Å². The van der Waals surface area contributed by atoms with Crippen LogP contribution in [0.1, 0.15) is 91.9 Å². The van der Waals surface area contributed by atoms with Gasteiger partial charge in [0.1, 0.15) is 0 Å². The lowest BCUT2D eigenvalue weighted by Crippen LogP contribution is -2.50. The van der Waals surface area contributed by atoms with Gasteiger partial charge >= 0.3 is 0 Å². The summed E-state index contributed by atoms with van der Waals surface area (Å²) in [5.41, 5.74) is 1.39. The summed E-state index contributed by atoms with van der Waals surface area (Å²) < 4.78 is 0. The Morgan fingerprint density at radius 1 is 0.900 bits per heavy atom. The van der Waals surface area contributed by atoms with Crippen LogP contribution < -0.4 is 0 Å². The molecule has 0 heteroatoms. The van der Waals surface area contributed by atoms with Crippen LogP contribution in [0, 0.1) is 34.5 Å². The molecule has 116 valence electrons. The van der Waals surface area contributed by atoms with Gasteiger partial charge in [-0.1, -0.05) is 47.0 Å². The lowest BCUT2D eigenvalue weighted by Gasteiger charge is -2.58. The molecule has 0 aliphatic heterocycles. The van der Waals surface area contributed by atoms with Gasteiger partial charge in [0.2, 0.25) is 0 Å². The average Bonchev–Trinajstić information content (AvgIpc) is 2.81. The first kappa shape index (κ1) is 14.9. The van der Waals surface area contributed by atoms with Crippen molar-refractivity contribution in [3.63, 3.8) is 0 Å². The summed E-state index contributed by atoms with van der Waals surface area (Å²) in [6, 6.07) is 0. The standard InChI is InChI=1S/C20H36/c1-5-12-20(4)15(6-2)9-10-16-17-8-7-13-19(17,3)14-11-18(16)20/h15-18H,5-14H2,1-4H3. The Kier molecular flexibility index (Phi) is 3.97. The monoisotopic (exact) mass is 276 g/mol. The van der Waals surface area contributed by atoms with E-state index in [0.29, 0.717) is 5.41 Å². The normalized spacial score (nSPS) is 51.6. The molecule has 0 nitrogen and oxygen atoms in total. The second-order valence-electron chi connectivity index (χ2n) is 8.90. The van der Waals surface area contributed by atoms with Gasteiger partial charge in [-0.25, -0.2) is 0 Å². The van der Waals surface area contributed by atoms with Crippen molar-refractivity contribution in [3.05, 3.63) is 0 Å². The predicted molar refractivity (Wildman–Crippen MR) is 87.7 cm³/mol. The predicted octanol–water partition coefficient (Wildman–Crippen LogP) is 6.45. The smallest absolute Gasteiger partial charge is 0.0267 e. The summed E-state index contributed by atoms with van der Waals surface area (Å²) >= 11 is 0. The third-order valence-corrected chi connectivity index (χ3v) is 8.13. The molecule has 0 spiro atoms. The number of hydrogen-bond acceptors (Lipinski definition) is 0. The minimum atomic E-state index is 0.663. The molecule has 3 aliphatic carbocycles. The third-order valence-electron chi connectivity index (χ3n) is 8.13. The van der Waals surface area contributed by atoms with E-state index >= 15 is 0 Å². The van der Waals surface area contributed by atoms with E-state index in [1.54, 1.807) is 19.3 Å². The number of hydrogen-bond donors (Lipinski definition) is 0. The van der Waals surface area contributed by atoms with Crippen LogP contribution in [0.15, 0.2) is 0 Å². The van der Waals surface area contributed by atoms with Gasteiger partial charge in [0.15, 0.2) is 0 Å². The van der Waals surface area contributed by atoms with E-state index in [0.717, 1.165) is 29.1 Å². The van der Waals surface area contributed by atoms with Crippen LogP contribution in [-0.4, -0.2) is 0 Å². The summed E-state index contributed by atoms with van der Waals surface area (Å²) in [4.78, 5) is 0. The van der Waals surface area contributed by atoms with E-state index in [-0.39, 0.29) is 0 Å². The molecule has 0 radical (unpaired) electrons. The van der Waals surface area contributed by atoms with Crippen LogP contribution in [0.3, 0.4) is 0 Å². The summed E-state index contributed by atoms with van der Waals surface area (Å²) in [5.74, 6) is 4.22. The summed E-state index contributed by atoms with van der Waals surface area (Å²) in [6.07, 6.45) is 15.1. The lowest BCUT2D eigenvalue weighted by atomic mass is 9.47. The van der Waals surface area contributed by atoms with Crippen LogP contribution >= 0.6 is 0 Å². The fraction of sp³-hybridized carbons (Fsp3) is 1.00. The maximum absolute atomic E-state index is 2.68. The zero-order valence-electron chi connectivity index (χ0n) is 14.4. The molecule has 0 aromatic heterocycles. The van der Waals surface area contributed by atoms with Gasteiger partial charge in [0, 0.05) is 0 Å². The van der Waals surface area contributed by atoms with E-state index in [1.165, 1.54) is 44.9 Å². The van der Waals surface area contributed by atoms with Crippen molar-refractivity contribution in [1.82, 2.24) is 0 Å². The van der Waals surface area contributed by atoms with Gasteiger partial charge in [-0.15, -0.1) is 0 Å². The molecule has 0 aromatic carbocycles. The van der Waals surface area contributed by atoms with Crippen molar-refractivity contribution in [1.29, 1.82) is 0 Å². The van der Waals surface area contributed by atoms with Gasteiger partial charge in [-0.05, 0) is 79.4 Å². The first-order chi connectivity index (χ1) is 9.55. The fourth-order valence-corrected chi connectivity index (χ4v) is 7.13. The molecular formula is C20H36. The molecule has 3 rings (SSSR count). The largest absolute Gasteiger partial charge is 0.0654 e. The lowest BCUT2D eigenvalue weighted by molar-refractivity contribution is -0.0915. The number of rotatable bonds is 3. The highest BCUT2D eigenvalue weighted by Gasteiger charge is 2.56. The SMILES string of the molecule is CCCC1(C)C(CC)CCC2C3CCCC3(C)CCC21. The molecule has 0 aromatic rings. The molecule has 3 aliphatic rings. The van der Waals surface area contributed by atoms with E-state index in [1.807, 2.05) is 0 Å². The Balaban J connectivity index is 1.88. The molecule has 6 unspecified atom stereocenters. The second-order valence-corrected chi connectivity index (χ2v) is 8.90. The maximum atomic E-state index is 2.68. The van der Waals surface area contributed by atoms with Crippen LogP contribution in [0.4, 0.5) is 0 Å². The van der Waals surface area contributed by atoms with Gasteiger partial charge in [-0.2, -0.15) is 0 Å². The van der Waals surface area contributed by atoms with Crippen molar-refractivity contribution in [2.24, 2.45) is 34.5 Å². The molecule has 3 fully saturated rings. The van der Waals surface area contributed by atoms with E-state index < -0.39 is 0 Å². The third kappa shape index (κ3) is 2.08. The van der Waals surface area contributed by atoms with Gasteiger partial charge < -0.3 is 0 Å².